The van der Waals surface area contributed by atoms with Crippen molar-refractivity contribution in [3.05, 3.63) is 77.9 Å². The molecule has 0 saturated heterocycles. The average molecular weight is 337 g/mol. The Morgan fingerprint density at radius 2 is 1.68 bits per heavy atom. The van der Waals surface area contributed by atoms with Gasteiger partial charge in [0.2, 0.25) is 0 Å². The van der Waals surface area contributed by atoms with E-state index in [0.29, 0.717) is 0 Å². The molecule has 1 aliphatic heterocycles. The van der Waals surface area contributed by atoms with Gasteiger partial charge in [0, 0.05) is 0 Å². The number of nitrogens with zero attached hydrogens (tertiary/aromatic N) is 1. The highest BCUT2D eigenvalue weighted by molar-refractivity contribution is 5.92. The van der Waals surface area contributed by atoms with Gasteiger partial charge in [0.15, 0.2) is 5.54 Å². The smallest absolute Gasteiger partial charge is 0.411 e. The lowest BCUT2D eigenvalue weighted by molar-refractivity contribution is -0.145. The Morgan fingerprint density at radius 1 is 1.08 bits per heavy atom. The Kier molecular flexibility index (Phi) is 4.57. The van der Waals surface area contributed by atoms with Crippen LogP contribution in [0.25, 0.3) is 5.57 Å². The Balaban J connectivity index is 1.78. The molecule has 0 fully saturated rings. The van der Waals surface area contributed by atoms with Gasteiger partial charge < -0.3 is 9.84 Å². The highest BCUT2D eigenvalue weighted by Gasteiger charge is 2.46. The summed E-state index contributed by atoms with van der Waals surface area (Å²) in [6, 6.07) is 18.7. The first-order valence-electron chi connectivity index (χ1n) is 7.99. The zero-order valence-electron chi connectivity index (χ0n) is 13.9. The minimum absolute atomic E-state index is 0.104. The van der Waals surface area contributed by atoms with Crippen molar-refractivity contribution in [1.82, 2.24) is 4.90 Å². The van der Waals surface area contributed by atoms with E-state index in [1.54, 1.807) is 6.08 Å². The maximum atomic E-state index is 12.5. The molecule has 0 aliphatic carbocycles. The van der Waals surface area contributed by atoms with E-state index >= 15 is 0 Å². The third-order valence-corrected chi connectivity index (χ3v) is 4.35. The van der Waals surface area contributed by atoms with E-state index in [0.717, 1.165) is 16.7 Å². The van der Waals surface area contributed by atoms with Crippen LogP contribution in [0.3, 0.4) is 0 Å². The van der Waals surface area contributed by atoms with Gasteiger partial charge in [0.1, 0.15) is 6.61 Å². The molecule has 1 N–H and O–H groups in total. The predicted octanol–water partition coefficient (Wildman–Crippen LogP) is 3.57. The summed E-state index contributed by atoms with van der Waals surface area (Å²) in [6.45, 7) is 1.81. The molecule has 0 unspecified atom stereocenters. The van der Waals surface area contributed by atoms with Crippen molar-refractivity contribution in [3.8, 4) is 0 Å². The number of aliphatic carboxylic acids is 1. The standard InChI is InChI=1S/C20H19NO4/c1-20(18(22)23)12-17(16-10-6-3-7-11-16)13-21(20)19(24)25-14-15-8-4-2-5-9-15/h2-12H,13-14H2,1H3,(H,22,23)/t20-/m0/s1. The minimum Gasteiger partial charge on any atom is -0.479 e. The topological polar surface area (TPSA) is 66.8 Å². The quantitative estimate of drug-likeness (QED) is 0.926. The molecule has 1 atom stereocenters. The van der Waals surface area contributed by atoms with Crippen LogP contribution >= 0.6 is 0 Å². The number of hydrogen-bond acceptors (Lipinski definition) is 3. The van der Waals surface area contributed by atoms with Crippen molar-refractivity contribution in [2.24, 2.45) is 0 Å². The summed E-state index contributed by atoms with van der Waals surface area (Å²) < 4.78 is 5.33. The van der Waals surface area contributed by atoms with Gasteiger partial charge in [0.25, 0.3) is 0 Å². The molecule has 0 spiro atoms. The van der Waals surface area contributed by atoms with Crippen molar-refractivity contribution < 1.29 is 19.4 Å². The SMILES string of the molecule is C[C@@]1(C(=O)O)C=C(c2ccccc2)CN1C(=O)OCc1ccccc1. The molecule has 1 aliphatic rings. The van der Waals surface area contributed by atoms with Crippen LogP contribution < -0.4 is 0 Å². The zero-order chi connectivity index (χ0) is 17.9. The van der Waals surface area contributed by atoms with Crippen molar-refractivity contribution >= 4 is 17.6 Å². The maximum Gasteiger partial charge on any atom is 0.411 e. The van der Waals surface area contributed by atoms with Gasteiger partial charge in [-0.3, -0.25) is 4.90 Å². The molecular weight excluding hydrogens is 318 g/mol. The van der Waals surface area contributed by atoms with Crippen LogP contribution in [0.1, 0.15) is 18.1 Å². The van der Waals surface area contributed by atoms with Gasteiger partial charge in [-0.25, -0.2) is 9.59 Å². The molecule has 5 nitrogen and oxygen atoms in total. The van der Waals surface area contributed by atoms with E-state index in [-0.39, 0.29) is 13.2 Å². The van der Waals surface area contributed by atoms with Crippen LogP contribution in [0.5, 0.6) is 0 Å². The Labute approximate surface area is 146 Å². The number of carboxylic acid groups (broad SMARTS) is 1. The molecule has 0 radical (unpaired) electrons. The lowest BCUT2D eigenvalue weighted by Crippen LogP contribution is -2.51. The fraction of sp³-hybridized carbons (Fsp3) is 0.200. The minimum atomic E-state index is -1.43. The highest BCUT2D eigenvalue weighted by atomic mass is 16.6. The predicted molar refractivity (Wildman–Crippen MR) is 93.8 cm³/mol. The fourth-order valence-electron chi connectivity index (χ4n) is 2.85. The van der Waals surface area contributed by atoms with Crippen molar-refractivity contribution in [3.63, 3.8) is 0 Å². The largest absolute Gasteiger partial charge is 0.479 e. The van der Waals surface area contributed by atoms with Crippen molar-refractivity contribution in [1.29, 1.82) is 0 Å². The Morgan fingerprint density at radius 3 is 2.28 bits per heavy atom. The second-order valence-electron chi connectivity index (χ2n) is 6.11. The molecule has 5 heteroatoms. The molecule has 1 amide bonds. The zero-order valence-corrected chi connectivity index (χ0v) is 13.9. The molecule has 2 aromatic carbocycles. The Bertz CT molecular complexity index is 801. The van der Waals surface area contributed by atoms with Crippen LogP contribution in [-0.4, -0.2) is 34.2 Å². The van der Waals surface area contributed by atoms with Gasteiger partial charge in [-0.15, -0.1) is 0 Å². The third kappa shape index (κ3) is 3.40. The highest BCUT2D eigenvalue weighted by Crippen LogP contribution is 2.33. The maximum absolute atomic E-state index is 12.5. The number of carbonyl (C=O) groups excluding carboxylic acids is 1. The van der Waals surface area contributed by atoms with Gasteiger partial charge >= 0.3 is 12.1 Å². The number of ether oxygens (including phenoxy) is 1. The van der Waals surface area contributed by atoms with E-state index in [1.807, 2.05) is 60.7 Å². The Hall–Kier alpha value is -3.08. The molecule has 0 aromatic heterocycles. The second-order valence-corrected chi connectivity index (χ2v) is 6.11. The van der Waals surface area contributed by atoms with Crippen molar-refractivity contribution in [2.45, 2.75) is 19.1 Å². The summed E-state index contributed by atoms with van der Waals surface area (Å²) in [5, 5.41) is 9.65. The summed E-state index contributed by atoms with van der Waals surface area (Å²) in [5.41, 5.74) is 1.11. The van der Waals surface area contributed by atoms with Crippen molar-refractivity contribution in [2.75, 3.05) is 6.54 Å². The van der Waals surface area contributed by atoms with E-state index in [9.17, 15) is 14.7 Å². The van der Waals surface area contributed by atoms with Gasteiger partial charge in [-0.1, -0.05) is 60.7 Å². The lowest BCUT2D eigenvalue weighted by atomic mass is 10.0. The van der Waals surface area contributed by atoms with Gasteiger partial charge in [-0.05, 0) is 29.7 Å². The molecule has 2 aromatic rings. The summed E-state index contributed by atoms with van der Waals surface area (Å²) >= 11 is 0. The van der Waals surface area contributed by atoms with Gasteiger partial charge in [0.05, 0.1) is 6.54 Å². The van der Waals surface area contributed by atoms with E-state index in [4.69, 9.17) is 4.74 Å². The monoisotopic (exact) mass is 337 g/mol. The van der Waals surface area contributed by atoms with Crippen LogP contribution in [0, 0.1) is 0 Å². The normalized spacial score (nSPS) is 19.4. The lowest BCUT2D eigenvalue weighted by Gasteiger charge is -2.29. The van der Waals surface area contributed by atoms with E-state index < -0.39 is 17.6 Å². The molecular formula is C20H19NO4. The van der Waals surface area contributed by atoms with Gasteiger partial charge in [-0.2, -0.15) is 0 Å². The van der Waals surface area contributed by atoms with E-state index in [2.05, 4.69) is 0 Å². The van der Waals surface area contributed by atoms with E-state index in [1.165, 1.54) is 11.8 Å². The average Bonchev–Trinajstić information content (AvgIpc) is 3.01. The summed E-state index contributed by atoms with van der Waals surface area (Å²) in [4.78, 5) is 25.6. The molecule has 3 rings (SSSR count). The van der Waals surface area contributed by atoms with Crippen LogP contribution in [0.4, 0.5) is 4.79 Å². The summed E-state index contributed by atoms with van der Waals surface area (Å²) in [6.07, 6.45) is 0.977. The first kappa shape index (κ1) is 16.8. The summed E-state index contributed by atoms with van der Waals surface area (Å²) in [7, 11) is 0. The fourth-order valence-corrected chi connectivity index (χ4v) is 2.85. The molecule has 1 heterocycles. The molecule has 25 heavy (non-hydrogen) atoms. The second kappa shape index (κ2) is 6.81. The summed E-state index contributed by atoms with van der Waals surface area (Å²) in [5.74, 6) is -1.09. The van der Waals surface area contributed by atoms with Crippen LogP contribution in [-0.2, 0) is 16.1 Å². The number of amides is 1. The number of hydrogen-bond donors (Lipinski definition) is 1. The molecule has 128 valence electrons. The molecule has 0 saturated carbocycles. The first-order valence-corrected chi connectivity index (χ1v) is 7.99. The number of carbonyl (C=O) groups is 2. The first-order chi connectivity index (χ1) is 12.0. The number of benzene rings is 2. The number of carboxylic acids is 1. The molecule has 0 bridgehead atoms. The van der Waals surface area contributed by atoms with Crippen LogP contribution in [0.2, 0.25) is 0 Å². The third-order valence-electron chi connectivity index (χ3n) is 4.35. The van der Waals surface area contributed by atoms with Crippen LogP contribution in [0.15, 0.2) is 66.7 Å². The number of rotatable bonds is 4.